The van der Waals surface area contributed by atoms with Crippen LogP contribution in [0.5, 0.6) is 11.8 Å². The highest BCUT2D eigenvalue weighted by atomic mass is 32.2. The molecule has 1 aromatic carbocycles. The van der Waals surface area contributed by atoms with E-state index in [9.17, 15) is 27.9 Å². The number of aryl methyl sites for hydroxylation is 1. The molecular formula is C42H55F2N5O9S. The second-order valence-electron chi connectivity index (χ2n) is 18.2. The fourth-order valence-corrected chi connectivity index (χ4v) is 10.3. The van der Waals surface area contributed by atoms with Crippen LogP contribution in [0.15, 0.2) is 36.4 Å². The lowest BCUT2D eigenvalue weighted by molar-refractivity contribution is -0.156. The van der Waals surface area contributed by atoms with Crippen molar-refractivity contribution in [2.45, 2.75) is 139 Å². The van der Waals surface area contributed by atoms with E-state index in [-0.39, 0.29) is 31.2 Å². The SMILES string of the molecule is C[C@@H]1CC/C=C\[C@@H]2C[C@@]2(C(=O)NS(=O)(=O)C2(C)CC2)NC(=O)[C@@H]2C[C@@H](Oc3nc4c(c5ccccc35)CCCO4)CN2C(=O)[C@@H](N(C(=O)O)C(C)(C)C(C)(F)F)[C@H](C)C1. The van der Waals surface area contributed by atoms with Gasteiger partial charge in [-0.25, -0.2) is 22.0 Å². The summed E-state index contributed by atoms with van der Waals surface area (Å²) in [4.78, 5) is 63.4. The van der Waals surface area contributed by atoms with E-state index in [4.69, 9.17) is 14.5 Å². The number of fused-ring (bicyclic) bond motifs is 5. The molecule has 17 heteroatoms. The first kappa shape index (κ1) is 42.6. The van der Waals surface area contributed by atoms with Crippen molar-refractivity contribution in [2.75, 3.05) is 13.2 Å². The molecule has 1 aromatic heterocycles. The van der Waals surface area contributed by atoms with Gasteiger partial charge in [-0.3, -0.25) is 24.0 Å². The normalized spacial score (nSPS) is 30.3. The second-order valence-corrected chi connectivity index (χ2v) is 20.4. The number of benzene rings is 1. The number of aromatic nitrogens is 1. The summed E-state index contributed by atoms with van der Waals surface area (Å²) in [7, 11) is -4.09. The Morgan fingerprint density at radius 2 is 1.81 bits per heavy atom. The molecule has 3 N–H and O–H groups in total. The zero-order valence-corrected chi connectivity index (χ0v) is 35.2. The van der Waals surface area contributed by atoms with Crippen LogP contribution >= 0.6 is 0 Å². The highest BCUT2D eigenvalue weighted by molar-refractivity contribution is 7.91. The molecule has 3 fully saturated rings. The van der Waals surface area contributed by atoms with Gasteiger partial charge < -0.3 is 24.8 Å². The summed E-state index contributed by atoms with van der Waals surface area (Å²) in [6.45, 7) is 8.10. The molecule has 0 radical (unpaired) electrons. The van der Waals surface area contributed by atoms with Gasteiger partial charge in [-0.15, -0.1) is 0 Å². The van der Waals surface area contributed by atoms with Gasteiger partial charge in [0.15, 0.2) is 0 Å². The number of halogens is 2. The smallest absolute Gasteiger partial charge is 0.408 e. The average Bonchev–Trinajstić information content (AvgIpc) is 4.04. The average molecular weight is 844 g/mol. The first-order valence-electron chi connectivity index (χ1n) is 20.6. The first-order chi connectivity index (χ1) is 27.6. The molecule has 4 amide bonds. The number of pyridine rings is 1. The lowest BCUT2D eigenvalue weighted by Crippen LogP contribution is -2.66. The predicted octanol–water partition coefficient (Wildman–Crippen LogP) is 5.58. The van der Waals surface area contributed by atoms with Gasteiger partial charge in [0.2, 0.25) is 33.6 Å². The number of carboxylic acid groups (broad SMARTS) is 1. The van der Waals surface area contributed by atoms with Gasteiger partial charge in [-0.1, -0.05) is 44.2 Å². The molecule has 7 atom stereocenters. The Kier molecular flexibility index (Phi) is 11.0. The van der Waals surface area contributed by atoms with Crippen molar-refractivity contribution in [1.29, 1.82) is 0 Å². The molecule has 0 unspecified atom stereocenters. The Morgan fingerprint density at radius 3 is 2.47 bits per heavy atom. The first-order valence-corrected chi connectivity index (χ1v) is 22.1. The van der Waals surface area contributed by atoms with E-state index in [2.05, 4.69) is 10.0 Å². The highest BCUT2D eigenvalue weighted by Crippen LogP contribution is 2.48. The third kappa shape index (κ3) is 7.83. The Bertz CT molecular complexity index is 2170. The quantitative estimate of drug-likeness (QED) is 0.284. The summed E-state index contributed by atoms with van der Waals surface area (Å²) in [5, 5.41) is 15.0. The van der Waals surface area contributed by atoms with Crippen LogP contribution in [0, 0.1) is 17.8 Å². The number of ether oxygens (including phenoxy) is 2. The maximum Gasteiger partial charge on any atom is 0.408 e. The Labute approximate surface area is 343 Å². The number of alkyl halides is 2. The second kappa shape index (κ2) is 15.2. The maximum atomic E-state index is 15.4. The number of allylic oxidation sites excluding steroid dienone is 1. The Hall–Kier alpha value is -4.54. The molecule has 0 spiro atoms. The molecule has 5 aliphatic rings. The summed E-state index contributed by atoms with van der Waals surface area (Å²) in [6.07, 6.45) is 4.69. The van der Waals surface area contributed by atoms with Crippen molar-refractivity contribution in [3.63, 3.8) is 0 Å². The molecule has 14 nitrogen and oxygen atoms in total. The predicted molar refractivity (Wildman–Crippen MR) is 213 cm³/mol. The van der Waals surface area contributed by atoms with Crippen LogP contribution in [0.1, 0.15) is 98.5 Å². The van der Waals surface area contributed by atoms with Crippen molar-refractivity contribution < 1.29 is 51.0 Å². The number of sulfonamides is 1. The van der Waals surface area contributed by atoms with Crippen LogP contribution < -0.4 is 19.5 Å². The molecule has 7 rings (SSSR count). The topological polar surface area (TPSA) is 185 Å². The van der Waals surface area contributed by atoms with Crippen molar-refractivity contribution in [2.24, 2.45) is 17.8 Å². The highest BCUT2D eigenvalue weighted by Gasteiger charge is 2.63. The zero-order chi connectivity index (χ0) is 42.9. The minimum absolute atomic E-state index is 0.0940. The van der Waals surface area contributed by atoms with Crippen LogP contribution in [-0.4, -0.2) is 105 Å². The summed E-state index contributed by atoms with van der Waals surface area (Å²) >= 11 is 0. The van der Waals surface area contributed by atoms with Gasteiger partial charge in [0, 0.05) is 30.2 Å². The minimum atomic E-state index is -4.09. The summed E-state index contributed by atoms with van der Waals surface area (Å²) in [5.74, 6) is -6.98. The van der Waals surface area contributed by atoms with E-state index in [1.807, 2.05) is 37.3 Å². The van der Waals surface area contributed by atoms with E-state index in [1.54, 1.807) is 19.9 Å². The van der Waals surface area contributed by atoms with E-state index in [1.165, 1.54) is 4.90 Å². The van der Waals surface area contributed by atoms with Crippen LogP contribution in [-0.2, 0) is 30.8 Å². The third-order valence-corrected chi connectivity index (χ3v) is 15.6. The molecule has 1 saturated heterocycles. The molecule has 4 heterocycles. The van der Waals surface area contributed by atoms with Gasteiger partial charge in [0.1, 0.15) is 29.3 Å². The molecule has 2 saturated carbocycles. The molecule has 3 aliphatic heterocycles. The fraction of sp³-hybridized carbons (Fsp3) is 0.643. The number of hydrogen-bond acceptors (Lipinski definition) is 9. The number of amides is 4. The lowest BCUT2D eigenvalue weighted by Gasteiger charge is -2.47. The molecule has 59 heavy (non-hydrogen) atoms. The van der Waals surface area contributed by atoms with Crippen molar-refractivity contribution in [3.8, 4) is 11.8 Å². The number of nitrogens with zero attached hydrogens (tertiary/aromatic N) is 3. The molecule has 2 aliphatic carbocycles. The van der Waals surface area contributed by atoms with Crippen LogP contribution in [0.2, 0.25) is 0 Å². The minimum Gasteiger partial charge on any atom is -0.477 e. The lowest BCUT2D eigenvalue weighted by atomic mass is 9.84. The van der Waals surface area contributed by atoms with Crippen molar-refractivity contribution in [3.05, 3.63) is 42.0 Å². The fourth-order valence-electron chi connectivity index (χ4n) is 8.95. The van der Waals surface area contributed by atoms with Gasteiger partial charge in [-0.2, -0.15) is 4.98 Å². The molecular weight excluding hydrogens is 789 g/mol. The van der Waals surface area contributed by atoms with Crippen LogP contribution in [0.4, 0.5) is 13.6 Å². The van der Waals surface area contributed by atoms with Gasteiger partial charge in [0.25, 0.3) is 11.8 Å². The standard InChI is InChI=1S/C42H55F2N5O9S/c1-24-12-7-8-13-26-22-42(26,37(52)47-59(55,56)40(5)17-18-40)46-33(50)31-21-27(58-35-30-15-10-9-14-28(30)29-16-11-19-57-34(29)45-35)23-48(31)36(51)32(25(2)20-24)49(38(53)54)39(3,4)41(6,43)44/h8-10,13-15,24-27,31-32H,7,11-12,16-23H2,1-6H3,(H,46,50)(H,47,52)(H,53,54)/b13-8-/t24-,25-,26-,27-,31+,32+,42-/m1/s1. The van der Waals surface area contributed by atoms with Gasteiger partial charge >= 0.3 is 6.09 Å². The van der Waals surface area contributed by atoms with Crippen molar-refractivity contribution in [1.82, 2.24) is 24.8 Å². The van der Waals surface area contributed by atoms with Gasteiger partial charge in [-0.05, 0) is 95.4 Å². The molecule has 322 valence electrons. The maximum absolute atomic E-state index is 15.4. The largest absolute Gasteiger partial charge is 0.477 e. The van der Waals surface area contributed by atoms with E-state index in [0.29, 0.717) is 61.8 Å². The third-order valence-electron chi connectivity index (χ3n) is 13.4. The number of hydrogen-bond donors (Lipinski definition) is 3. The summed E-state index contributed by atoms with van der Waals surface area (Å²) in [6, 6.07) is 4.46. The van der Waals surface area contributed by atoms with E-state index in [0.717, 1.165) is 37.6 Å². The number of nitrogens with one attached hydrogen (secondary N) is 2. The molecule has 0 bridgehead atoms. The van der Waals surface area contributed by atoms with Gasteiger partial charge in [0.05, 0.1) is 17.9 Å². The van der Waals surface area contributed by atoms with Crippen LogP contribution in [0.25, 0.3) is 10.8 Å². The monoisotopic (exact) mass is 843 g/mol. The summed E-state index contributed by atoms with van der Waals surface area (Å²) < 4.78 is 70.9. The number of carbonyl (C=O) groups is 4. The molecule has 2 aromatic rings. The Balaban J connectivity index is 1.30. The number of carbonyl (C=O) groups excluding carboxylic acids is 3. The van der Waals surface area contributed by atoms with Crippen LogP contribution in [0.3, 0.4) is 0 Å². The Morgan fingerprint density at radius 1 is 1.12 bits per heavy atom. The van der Waals surface area contributed by atoms with E-state index < -0.39 is 85.6 Å². The summed E-state index contributed by atoms with van der Waals surface area (Å²) in [5.41, 5.74) is -3.10. The van der Waals surface area contributed by atoms with Crippen molar-refractivity contribution >= 4 is 44.6 Å². The zero-order valence-electron chi connectivity index (χ0n) is 34.4. The van der Waals surface area contributed by atoms with E-state index >= 15 is 13.6 Å². The number of rotatable bonds is 8.